The molecule has 10 heteroatoms. The van der Waals surface area contributed by atoms with Gasteiger partial charge >= 0.3 is 0 Å². The minimum absolute atomic E-state index is 0.0437. The minimum Gasteiger partial charge on any atom is -0.492 e. The molecule has 0 heterocycles. The van der Waals surface area contributed by atoms with Crippen molar-refractivity contribution in [1.82, 2.24) is 10.2 Å². The molecule has 1 atom stereocenters. The molecule has 0 bridgehead atoms. The highest BCUT2D eigenvalue weighted by atomic mass is 32.2. The summed E-state index contributed by atoms with van der Waals surface area (Å²) in [5, 5.41) is 3.02. The van der Waals surface area contributed by atoms with Crippen LogP contribution in [0.4, 0.5) is 5.69 Å². The molecular weight excluding hydrogens is 631 g/mol. The van der Waals surface area contributed by atoms with Gasteiger partial charge in [0.15, 0.2) is 0 Å². The Morgan fingerprint density at radius 1 is 0.830 bits per heavy atom. The molecule has 1 N–H and O–H groups in total. The minimum atomic E-state index is -4.25. The summed E-state index contributed by atoms with van der Waals surface area (Å²) in [6.45, 7) is 4.21. The summed E-state index contributed by atoms with van der Waals surface area (Å²) in [6.07, 6.45) is 3.88. The second kappa shape index (κ2) is 17.6. The van der Waals surface area contributed by atoms with E-state index in [1.807, 2.05) is 80.8 Å². The summed E-state index contributed by atoms with van der Waals surface area (Å²) in [5.41, 5.74) is 1.94. The molecule has 0 unspecified atom stereocenters. The number of nitrogens with one attached hydrogen (secondary N) is 1. The number of benzene rings is 4. The first kappa shape index (κ1) is 35.6. The van der Waals surface area contributed by atoms with Gasteiger partial charge in [0, 0.05) is 24.4 Å². The second-order valence-corrected chi connectivity index (χ2v) is 13.7. The Balaban J connectivity index is 1.81. The Bertz CT molecular complexity index is 1680. The van der Waals surface area contributed by atoms with Gasteiger partial charge in [0.1, 0.15) is 18.3 Å². The average molecular weight is 674 g/mol. The number of para-hydroxylation sites is 2. The number of thioether (sulfide) groups is 1. The van der Waals surface area contributed by atoms with Crippen LogP contribution in [-0.4, -0.2) is 57.1 Å². The van der Waals surface area contributed by atoms with E-state index in [0.29, 0.717) is 18.9 Å². The second-order valence-electron chi connectivity index (χ2n) is 10.9. The summed E-state index contributed by atoms with van der Waals surface area (Å²) >= 11 is 1.50. The molecule has 0 aliphatic heterocycles. The summed E-state index contributed by atoms with van der Waals surface area (Å²) in [4.78, 5) is 31.0. The van der Waals surface area contributed by atoms with E-state index in [2.05, 4.69) is 5.32 Å². The van der Waals surface area contributed by atoms with Crippen molar-refractivity contribution in [3.8, 4) is 5.75 Å². The Labute approximate surface area is 283 Å². The number of nitrogens with zero attached hydrogens (tertiary/aromatic N) is 2. The van der Waals surface area contributed by atoms with Crippen molar-refractivity contribution in [3.05, 3.63) is 120 Å². The van der Waals surface area contributed by atoms with Gasteiger partial charge in [-0.25, -0.2) is 8.42 Å². The fourth-order valence-electron chi connectivity index (χ4n) is 5.17. The van der Waals surface area contributed by atoms with Gasteiger partial charge in [-0.1, -0.05) is 86.1 Å². The lowest BCUT2D eigenvalue weighted by Crippen LogP contribution is -2.53. The molecule has 0 saturated carbocycles. The van der Waals surface area contributed by atoms with Crippen LogP contribution in [0, 0.1) is 0 Å². The van der Waals surface area contributed by atoms with Gasteiger partial charge < -0.3 is 15.0 Å². The first-order valence-electron chi connectivity index (χ1n) is 15.8. The fraction of sp³-hybridized carbons (Fsp3) is 0.297. The maximum atomic E-state index is 14.6. The SMILES string of the molecule is CCCCNC(=O)[C@H](Cc1ccccc1)N(Cc1ccccc1)C(=O)CN(c1ccccc1OCC)S(=O)(=O)c1ccc(SC)cc1. The molecular formula is C37H43N3O5S2. The third-order valence-electron chi connectivity index (χ3n) is 7.66. The number of sulfonamides is 1. The lowest BCUT2D eigenvalue weighted by atomic mass is 10.0. The number of carbonyl (C=O) groups is 2. The van der Waals surface area contributed by atoms with Crippen LogP contribution < -0.4 is 14.4 Å². The Hall–Kier alpha value is -4.28. The Morgan fingerprint density at radius 2 is 1.45 bits per heavy atom. The van der Waals surface area contributed by atoms with Crippen molar-refractivity contribution in [2.45, 2.75) is 55.5 Å². The van der Waals surface area contributed by atoms with Crippen LogP contribution in [0.2, 0.25) is 0 Å². The van der Waals surface area contributed by atoms with Gasteiger partial charge in [-0.05, 0) is 67.1 Å². The van der Waals surface area contributed by atoms with Crippen molar-refractivity contribution >= 4 is 39.3 Å². The van der Waals surface area contributed by atoms with E-state index in [0.717, 1.165) is 33.2 Å². The van der Waals surface area contributed by atoms with Crippen LogP contribution in [0.15, 0.2) is 119 Å². The van der Waals surface area contributed by atoms with E-state index in [9.17, 15) is 18.0 Å². The summed E-state index contributed by atoms with van der Waals surface area (Å²) in [6, 6.07) is 31.4. The maximum absolute atomic E-state index is 14.6. The molecule has 248 valence electrons. The molecule has 4 rings (SSSR count). The van der Waals surface area contributed by atoms with Gasteiger partial charge in [-0.2, -0.15) is 0 Å². The molecule has 4 aromatic rings. The smallest absolute Gasteiger partial charge is 0.264 e. The van der Waals surface area contributed by atoms with E-state index in [-0.39, 0.29) is 29.5 Å². The number of rotatable bonds is 17. The van der Waals surface area contributed by atoms with Gasteiger partial charge in [0.25, 0.3) is 10.0 Å². The van der Waals surface area contributed by atoms with Crippen molar-refractivity contribution < 1.29 is 22.7 Å². The van der Waals surface area contributed by atoms with Crippen LogP contribution in [0.5, 0.6) is 5.75 Å². The largest absolute Gasteiger partial charge is 0.492 e. The molecule has 2 amide bonds. The maximum Gasteiger partial charge on any atom is 0.264 e. The third-order valence-corrected chi connectivity index (χ3v) is 10.2. The lowest BCUT2D eigenvalue weighted by molar-refractivity contribution is -0.140. The third kappa shape index (κ3) is 9.62. The molecule has 0 aliphatic rings. The van der Waals surface area contributed by atoms with Crippen molar-refractivity contribution in [3.63, 3.8) is 0 Å². The first-order chi connectivity index (χ1) is 22.8. The van der Waals surface area contributed by atoms with Crippen LogP contribution >= 0.6 is 11.8 Å². The normalized spacial score (nSPS) is 11.8. The number of anilines is 1. The van der Waals surface area contributed by atoms with E-state index in [1.165, 1.54) is 16.7 Å². The molecule has 0 fully saturated rings. The molecule has 0 aliphatic carbocycles. The Kier molecular flexibility index (Phi) is 13.3. The topological polar surface area (TPSA) is 96.0 Å². The van der Waals surface area contributed by atoms with Crippen LogP contribution in [0.3, 0.4) is 0 Å². The van der Waals surface area contributed by atoms with Crippen molar-refractivity contribution in [2.75, 3.05) is 30.3 Å². The zero-order valence-corrected chi connectivity index (χ0v) is 28.8. The first-order valence-corrected chi connectivity index (χ1v) is 18.5. The lowest BCUT2D eigenvalue weighted by Gasteiger charge is -2.34. The van der Waals surface area contributed by atoms with E-state index in [1.54, 1.807) is 48.5 Å². The number of unbranched alkanes of at least 4 members (excludes halogenated alkanes) is 1. The van der Waals surface area contributed by atoms with Crippen LogP contribution in [0.1, 0.15) is 37.8 Å². The standard InChI is InChI=1S/C37H43N3O5S2/c1-4-6-25-38-37(42)34(26-29-15-9-7-10-16-29)39(27-30-17-11-8-12-18-30)36(41)28-40(33-19-13-14-20-35(33)45-5-2)47(43,44)32-23-21-31(46-3)22-24-32/h7-24,34H,4-6,25-28H2,1-3H3,(H,38,42)/t34-/m0/s1. The highest BCUT2D eigenvalue weighted by Crippen LogP contribution is 2.33. The highest BCUT2D eigenvalue weighted by Gasteiger charge is 2.35. The molecule has 47 heavy (non-hydrogen) atoms. The quantitative estimate of drug-likeness (QED) is 0.101. The van der Waals surface area contributed by atoms with Gasteiger partial charge in [-0.3, -0.25) is 13.9 Å². The van der Waals surface area contributed by atoms with E-state index < -0.39 is 28.5 Å². The summed E-state index contributed by atoms with van der Waals surface area (Å²) in [5.74, 6) is -0.473. The number of hydrogen-bond donors (Lipinski definition) is 1. The fourth-order valence-corrected chi connectivity index (χ4v) is 7.00. The summed E-state index contributed by atoms with van der Waals surface area (Å²) < 4.78 is 35.7. The van der Waals surface area contributed by atoms with E-state index in [4.69, 9.17) is 4.74 Å². The molecule has 0 radical (unpaired) electrons. The zero-order chi connectivity index (χ0) is 33.6. The van der Waals surface area contributed by atoms with Crippen molar-refractivity contribution in [2.24, 2.45) is 0 Å². The van der Waals surface area contributed by atoms with E-state index >= 15 is 0 Å². The molecule has 0 spiro atoms. The molecule has 8 nitrogen and oxygen atoms in total. The number of ether oxygens (including phenoxy) is 1. The molecule has 0 saturated heterocycles. The predicted molar refractivity (Wildman–Crippen MR) is 189 cm³/mol. The van der Waals surface area contributed by atoms with Crippen LogP contribution in [-0.2, 0) is 32.6 Å². The molecule has 4 aromatic carbocycles. The van der Waals surface area contributed by atoms with Crippen LogP contribution in [0.25, 0.3) is 0 Å². The van der Waals surface area contributed by atoms with Crippen molar-refractivity contribution in [1.29, 1.82) is 0 Å². The Morgan fingerprint density at radius 3 is 2.06 bits per heavy atom. The number of hydrogen-bond acceptors (Lipinski definition) is 6. The predicted octanol–water partition coefficient (Wildman–Crippen LogP) is 6.56. The van der Waals surface area contributed by atoms with Gasteiger partial charge in [-0.15, -0.1) is 11.8 Å². The van der Waals surface area contributed by atoms with Gasteiger partial charge in [0.05, 0.1) is 17.2 Å². The zero-order valence-electron chi connectivity index (χ0n) is 27.2. The van der Waals surface area contributed by atoms with Gasteiger partial charge in [0.2, 0.25) is 11.8 Å². The average Bonchev–Trinajstić information content (AvgIpc) is 3.10. The number of carbonyl (C=O) groups excluding carboxylic acids is 2. The monoisotopic (exact) mass is 673 g/mol. The highest BCUT2D eigenvalue weighted by molar-refractivity contribution is 7.98. The molecule has 0 aromatic heterocycles. The number of amides is 2. The summed E-state index contributed by atoms with van der Waals surface area (Å²) in [7, 11) is -4.25.